The summed E-state index contributed by atoms with van der Waals surface area (Å²) in [5, 5.41) is 19.1. The highest BCUT2D eigenvalue weighted by Crippen LogP contribution is 2.23. The van der Waals surface area contributed by atoms with Crippen molar-refractivity contribution in [3.63, 3.8) is 0 Å². The molecule has 3 aromatic rings. The van der Waals surface area contributed by atoms with Crippen molar-refractivity contribution in [3.05, 3.63) is 64.4 Å². The number of likely N-dealkylation sites (tertiary alicyclic amines) is 1. The predicted molar refractivity (Wildman–Crippen MR) is 109 cm³/mol. The fourth-order valence-electron chi connectivity index (χ4n) is 3.24. The Morgan fingerprint density at radius 3 is 2.45 bits per heavy atom. The van der Waals surface area contributed by atoms with Gasteiger partial charge in [-0.1, -0.05) is 35.5 Å². The molecule has 3 heterocycles. The van der Waals surface area contributed by atoms with Crippen molar-refractivity contribution in [2.75, 3.05) is 13.1 Å². The molecule has 0 unspecified atom stereocenters. The number of rotatable bonds is 5. The van der Waals surface area contributed by atoms with Crippen LogP contribution in [0.2, 0.25) is 0 Å². The Morgan fingerprint density at radius 2 is 1.87 bits per heavy atom. The number of carboxylic acid groups (broad SMARTS) is 1. The highest BCUT2D eigenvalue weighted by molar-refractivity contribution is 7.09. The molecular formula is C20H22F3N5O2S. The Hall–Kier alpha value is -2.79. The normalized spacial score (nSPS) is 15.3. The van der Waals surface area contributed by atoms with E-state index >= 15 is 0 Å². The molecule has 1 aliphatic rings. The summed E-state index contributed by atoms with van der Waals surface area (Å²) in [5.74, 6) is -2.76. The van der Waals surface area contributed by atoms with Crippen LogP contribution < -0.4 is 0 Å². The van der Waals surface area contributed by atoms with E-state index in [9.17, 15) is 13.2 Å². The van der Waals surface area contributed by atoms with Crippen LogP contribution in [-0.4, -0.2) is 55.2 Å². The van der Waals surface area contributed by atoms with Crippen LogP contribution in [0.25, 0.3) is 0 Å². The number of hydrogen-bond donors (Lipinski definition) is 1. The Balaban J connectivity index is 0.000000339. The van der Waals surface area contributed by atoms with Crippen LogP contribution in [0.3, 0.4) is 0 Å². The first-order valence-corrected chi connectivity index (χ1v) is 10.5. The fourth-order valence-corrected chi connectivity index (χ4v) is 3.90. The Labute approximate surface area is 181 Å². The van der Waals surface area contributed by atoms with Crippen LogP contribution in [0.1, 0.15) is 35.1 Å². The lowest BCUT2D eigenvalue weighted by atomic mass is 10.1. The van der Waals surface area contributed by atoms with E-state index < -0.39 is 12.1 Å². The quantitative estimate of drug-likeness (QED) is 0.633. The minimum atomic E-state index is -5.08. The van der Waals surface area contributed by atoms with Gasteiger partial charge in [0.15, 0.2) is 0 Å². The molecule has 0 radical (unpaired) electrons. The standard InChI is InChI=1S/C18H21N5S.C2HF3O2/c1-2-4-15(5-3-1)12-16-13-23(21-20-16)17-6-9-22(10-7-17)14-18-19-8-11-24-18;3-2(4,5)1(6)7/h1-5,8,11,13,17H,6-7,9-10,12,14H2;(H,6,7). The first kappa shape index (κ1) is 22.9. The number of benzene rings is 1. The van der Waals surface area contributed by atoms with E-state index in [1.165, 1.54) is 10.6 Å². The number of aliphatic carboxylic acids is 1. The lowest BCUT2D eigenvalue weighted by Crippen LogP contribution is -2.34. The van der Waals surface area contributed by atoms with Crippen molar-refractivity contribution in [2.24, 2.45) is 0 Å². The Morgan fingerprint density at radius 1 is 1.19 bits per heavy atom. The average molecular weight is 453 g/mol. The highest BCUT2D eigenvalue weighted by Gasteiger charge is 2.38. The minimum Gasteiger partial charge on any atom is -0.475 e. The van der Waals surface area contributed by atoms with Crippen molar-refractivity contribution < 1.29 is 23.1 Å². The van der Waals surface area contributed by atoms with Gasteiger partial charge in [0, 0.05) is 37.3 Å². The van der Waals surface area contributed by atoms with Gasteiger partial charge >= 0.3 is 12.1 Å². The monoisotopic (exact) mass is 453 g/mol. The molecule has 0 bridgehead atoms. The number of piperidine rings is 1. The second-order valence-electron chi connectivity index (χ2n) is 7.09. The number of carboxylic acids is 1. The molecule has 1 aliphatic heterocycles. The van der Waals surface area contributed by atoms with Crippen molar-refractivity contribution >= 4 is 17.3 Å². The van der Waals surface area contributed by atoms with E-state index in [1.807, 2.05) is 17.6 Å². The van der Waals surface area contributed by atoms with Crippen LogP contribution in [0.4, 0.5) is 13.2 Å². The van der Waals surface area contributed by atoms with E-state index in [0.717, 1.165) is 44.6 Å². The van der Waals surface area contributed by atoms with Gasteiger partial charge in [0.25, 0.3) is 0 Å². The van der Waals surface area contributed by atoms with Gasteiger partial charge in [-0.3, -0.25) is 4.90 Å². The minimum absolute atomic E-state index is 0.467. The zero-order valence-corrected chi connectivity index (χ0v) is 17.4. The molecule has 166 valence electrons. The number of nitrogens with zero attached hydrogens (tertiary/aromatic N) is 5. The second-order valence-corrected chi connectivity index (χ2v) is 8.07. The summed E-state index contributed by atoms with van der Waals surface area (Å²) in [7, 11) is 0. The van der Waals surface area contributed by atoms with Crippen LogP contribution in [0.5, 0.6) is 0 Å². The largest absolute Gasteiger partial charge is 0.490 e. The van der Waals surface area contributed by atoms with Crippen molar-refractivity contribution in [1.82, 2.24) is 24.9 Å². The van der Waals surface area contributed by atoms with E-state index in [2.05, 4.69) is 55.3 Å². The van der Waals surface area contributed by atoms with Gasteiger partial charge in [0.2, 0.25) is 0 Å². The smallest absolute Gasteiger partial charge is 0.475 e. The highest BCUT2D eigenvalue weighted by atomic mass is 32.1. The zero-order chi connectivity index (χ0) is 22.3. The van der Waals surface area contributed by atoms with E-state index in [1.54, 1.807) is 11.3 Å². The summed E-state index contributed by atoms with van der Waals surface area (Å²) < 4.78 is 33.8. The molecule has 0 aliphatic carbocycles. The molecule has 7 nitrogen and oxygen atoms in total. The van der Waals surface area contributed by atoms with Crippen molar-refractivity contribution in [2.45, 2.75) is 38.0 Å². The first-order chi connectivity index (χ1) is 14.8. The lowest BCUT2D eigenvalue weighted by molar-refractivity contribution is -0.192. The molecule has 1 saturated heterocycles. The van der Waals surface area contributed by atoms with Gasteiger partial charge < -0.3 is 5.11 Å². The topological polar surface area (TPSA) is 84.1 Å². The number of thiazole rings is 1. The summed E-state index contributed by atoms with van der Waals surface area (Å²) in [6, 6.07) is 10.9. The van der Waals surface area contributed by atoms with Gasteiger partial charge in [-0.15, -0.1) is 16.4 Å². The number of alkyl halides is 3. The maximum atomic E-state index is 10.6. The van der Waals surface area contributed by atoms with Crippen molar-refractivity contribution in [1.29, 1.82) is 0 Å². The fraction of sp³-hybridized carbons (Fsp3) is 0.400. The molecule has 11 heteroatoms. The lowest BCUT2D eigenvalue weighted by Gasteiger charge is -2.31. The third-order valence-electron chi connectivity index (χ3n) is 4.80. The van der Waals surface area contributed by atoms with E-state index in [4.69, 9.17) is 9.90 Å². The molecule has 2 aromatic heterocycles. The molecule has 1 N–H and O–H groups in total. The average Bonchev–Trinajstić information content (AvgIpc) is 3.41. The number of hydrogen-bond acceptors (Lipinski definition) is 6. The molecule has 0 spiro atoms. The summed E-state index contributed by atoms with van der Waals surface area (Å²) in [5.41, 5.74) is 2.33. The van der Waals surface area contributed by atoms with Crippen LogP contribution in [-0.2, 0) is 17.8 Å². The summed E-state index contributed by atoms with van der Waals surface area (Å²) >= 11 is 1.74. The summed E-state index contributed by atoms with van der Waals surface area (Å²) in [6.45, 7) is 3.16. The molecule has 31 heavy (non-hydrogen) atoms. The van der Waals surface area contributed by atoms with Gasteiger partial charge in [0.1, 0.15) is 5.01 Å². The zero-order valence-electron chi connectivity index (χ0n) is 16.6. The number of carbonyl (C=O) groups is 1. The number of halogens is 3. The van der Waals surface area contributed by atoms with Gasteiger partial charge in [-0.25, -0.2) is 14.5 Å². The molecule has 4 rings (SSSR count). The van der Waals surface area contributed by atoms with Crippen molar-refractivity contribution in [3.8, 4) is 0 Å². The second kappa shape index (κ2) is 10.5. The molecule has 1 aromatic carbocycles. The summed E-state index contributed by atoms with van der Waals surface area (Å²) in [4.78, 5) is 15.8. The maximum absolute atomic E-state index is 10.6. The SMILES string of the molecule is O=C(O)C(F)(F)F.c1ccc(Cc2cn(C3CCN(Cc4nccs4)CC3)nn2)cc1. The van der Waals surface area contributed by atoms with Crippen LogP contribution >= 0.6 is 11.3 Å². The third kappa shape index (κ3) is 7.14. The molecule has 1 fully saturated rings. The maximum Gasteiger partial charge on any atom is 0.490 e. The van der Waals surface area contributed by atoms with Crippen LogP contribution in [0.15, 0.2) is 48.1 Å². The Kier molecular flexibility index (Phi) is 7.75. The van der Waals surface area contributed by atoms with E-state index in [-0.39, 0.29) is 0 Å². The van der Waals surface area contributed by atoms with Crippen LogP contribution in [0, 0.1) is 0 Å². The van der Waals surface area contributed by atoms with Gasteiger partial charge in [-0.2, -0.15) is 13.2 Å². The van der Waals surface area contributed by atoms with Gasteiger partial charge in [-0.05, 0) is 18.4 Å². The summed E-state index contributed by atoms with van der Waals surface area (Å²) in [6.07, 6.45) is 2.02. The van der Waals surface area contributed by atoms with Gasteiger partial charge in [0.05, 0.1) is 18.3 Å². The molecular weight excluding hydrogens is 431 g/mol. The molecule has 0 saturated carbocycles. The third-order valence-corrected chi connectivity index (χ3v) is 5.57. The molecule has 0 atom stereocenters. The predicted octanol–water partition coefficient (Wildman–Crippen LogP) is 3.80. The molecule has 0 amide bonds. The first-order valence-electron chi connectivity index (χ1n) is 9.66. The van der Waals surface area contributed by atoms with E-state index in [0.29, 0.717) is 6.04 Å². The number of aromatic nitrogens is 4. The Bertz CT molecular complexity index is 939.